The second-order valence-electron chi connectivity index (χ2n) is 4.93. The first kappa shape index (κ1) is 20.7. The van der Waals surface area contributed by atoms with Crippen molar-refractivity contribution in [1.29, 1.82) is 0 Å². The van der Waals surface area contributed by atoms with E-state index in [0.717, 1.165) is 28.3 Å². The summed E-state index contributed by atoms with van der Waals surface area (Å²) < 4.78 is 17.7. The van der Waals surface area contributed by atoms with E-state index in [0.29, 0.717) is 13.2 Å². The Hall–Kier alpha value is 0.664. The summed E-state index contributed by atoms with van der Waals surface area (Å²) in [6.07, 6.45) is 9.82. The maximum atomic E-state index is 5.92. The van der Waals surface area contributed by atoms with E-state index >= 15 is 0 Å². The van der Waals surface area contributed by atoms with E-state index < -0.39 is 8.80 Å². The quantitative estimate of drug-likeness (QED) is 0.283. The lowest BCUT2D eigenvalue weighted by atomic mass is 10.1. The molecule has 0 atom stereocenters. The Morgan fingerprint density at radius 2 is 1.30 bits per heavy atom. The van der Waals surface area contributed by atoms with Gasteiger partial charge in [-0.2, -0.15) is 12.6 Å². The van der Waals surface area contributed by atoms with Crippen LogP contribution in [0.5, 0.6) is 0 Å². The molecule has 0 saturated carbocycles. The smallest absolute Gasteiger partial charge is 0.378 e. The van der Waals surface area contributed by atoms with Crippen LogP contribution in [-0.2, 0) is 13.3 Å². The second kappa shape index (κ2) is 14.6. The molecule has 0 saturated heterocycles. The summed E-state index contributed by atoms with van der Waals surface area (Å²) in [5.41, 5.74) is 0. The summed E-state index contributed by atoms with van der Waals surface area (Å²) in [7, 11) is -1.31. The average Bonchev–Trinajstić information content (AvgIpc) is 2.43. The summed E-state index contributed by atoms with van der Waals surface area (Å²) >= 11 is 4.24. The lowest BCUT2D eigenvalue weighted by molar-refractivity contribution is 0.0802. The zero-order chi connectivity index (χ0) is 15.1. The molecule has 0 bridgehead atoms. The van der Waals surface area contributed by atoms with Gasteiger partial charge >= 0.3 is 8.80 Å². The molecular formula is C14H34O3SSi2. The molecule has 0 heterocycles. The predicted molar refractivity (Wildman–Crippen MR) is 95.9 cm³/mol. The molecule has 0 aliphatic carbocycles. The minimum atomic E-state index is -2.35. The van der Waals surface area contributed by atoms with Crippen molar-refractivity contribution in [3.05, 3.63) is 0 Å². The first-order valence-electron chi connectivity index (χ1n) is 8.27. The topological polar surface area (TPSA) is 27.7 Å². The Labute approximate surface area is 135 Å². The van der Waals surface area contributed by atoms with Gasteiger partial charge in [0.05, 0.1) is 0 Å². The van der Waals surface area contributed by atoms with Crippen LogP contribution in [0.3, 0.4) is 0 Å². The van der Waals surface area contributed by atoms with E-state index in [1.54, 1.807) is 0 Å². The fraction of sp³-hybridized carbons (Fsp3) is 1.00. The highest BCUT2D eigenvalue weighted by atomic mass is 32.1. The molecule has 0 aromatic heterocycles. The fourth-order valence-corrected chi connectivity index (χ4v) is 6.57. The van der Waals surface area contributed by atoms with E-state index in [2.05, 4.69) is 12.6 Å². The van der Waals surface area contributed by atoms with Gasteiger partial charge in [0, 0.05) is 35.7 Å². The number of hydrogen-bond acceptors (Lipinski definition) is 4. The van der Waals surface area contributed by atoms with Crippen molar-refractivity contribution in [1.82, 2.24) is 0 Å². The molecule has 0 spiro atoms. The first-order valence-corrected chi connectivity index (χ1v) is 12.2. The average molecular weight is 339 g/mol. The summed E-state index contributed by atoms with van der Waals surface area (Å²) in [5, 5.41) is 0. The molecule has 0 amide bonds. The van der Waals surface area contributed by atoms with Crippen molar-refractivity contribution in [2.75, 3.05) is 25.2 Å². The summed E-state index contributed by atoms with van der Waals surface area (Å²) in [6, 6.07) is 0.980. The van der Waals surface area contributed by atoms with Crippen LogP contribution in [0.2, 0.25) is 6.04 Å². The Morgan fingerprint density at radius 3 is 1.75 bits per heavy atom. The van der Waals surface area contributed by atoms with Crippen molar-refractivity contribution < 1.29 is 13.3 Å². The maximum Gasteiger partial charge on any atom is 0.500 e. The number of thiol groups is 1. The van der Waals surface area contributed by atoms with Crippen LogP contribution in [0.1, 0.15) is 58.8 Å². The van der Waals surface area contributed by atoms with Crippen molar-refractivity contribution in [2.24, 2.45) is 0 Å². The second-order valence-corrected chi connectivity index (χ2v) is 8.69. The van der Waals surface area contributed by atoms with Crippen LogP contribution in [0.25, 0.3) is 0 Å². The third-order valence-corrected chi connectivity index (χ3v) is 7.57. The number of unbranched alkanes of at least 4 members (excludes halogenated alkanes) is 6. The Balaban J connectivity index is 3.82. The van der Waals surface area contributed by atoms with Crippen LogP contribution in [-0.4, -0.2) is 44.2 Å². The van der Waals surface area contributed by atoms with Gasteiger partial charge in [-0.15, -0.1) is 0 Å². The zero-order valence-corrected chi connectivity index (χ0v) is 17.6. The molecule has 0 unspecified atom stereocenters. The lowest BCUT2D eigenvalue weighted by Crippen LogP contribution is -2.46. The van der Waals surface area contributed by atoms with Gasteiger partial charge in [-0.05, 0) is 32.4 Å². The van der Waals surface area contributed by atoms with Crippen molar-refractivity contribution >= 4 is 31.7 Å². The van der Waals surface area contributed by atoms with E-state index in [1.807, 2.05) is 13.8 Å². The van der Waals surface area contributed by atoms with Crippen molar-refractivity contribution in [2.45, 2.75) is 64.8 Å². The van der Waals surface area contributed by atoms with Gasteiger partial charge in [0.25, 0.3) is 0 Å². The summed E-state index contributed by atoms with van der Waals surface area (Å²) in [4.78, 5) is 0. The molecule has 0 N–H and O–H groups in total. The summed E-state index contributed by atoms with van der Waals surface area (Å²) in [6.45, 7) is 5.44. The van der Waals surface area contributed by atoms with Gasteiger partial charge in [-0.3, -0.25) is 0 Å². The van der Waals surface area contributed by atoms with Gasteiger partial charge < -0.3 is 13.3 Å². The largest absolute Gasteiger partial charge is 0.500 e. The van der Waals surface area contributed by atoms with Crippen LogP contribution < -0.4 is 0 Å². The lowest BCUT2D eigenvalue weighted by Gasteiger charge is -2.28. The van der Waals surface area contributed by atoms with Gasteiger partial charge in [0.15, 0.2) is 0 Å². The number of rotatable bonds is 15. The molecule has 0 rings (SSSR count). The highest BCUT2D eigenvalue weighted by molar-refractivity contribution is 7.80. The first-order chi connectivity index (χ1) is 9.74. The highest BCUT2D eigenvalue weighted by Crippen LogP contribution is 2.20. The molecule has 0 aliphatic rings. The monoisotopic (exact) mass is 338 g/mol. The normalized spacial score (nSPS) is 12.2. The van der Waals surface area contributed by atoms with Crippen LogP contribution in [0.15, 0.2) is 0 Å². The summed E-state index contributed by atoms with van der Waals surface area (Å²) in [5.74, 6) is 1.02. The van der Waals surface area contributed by atoms with E-state index in [4.69, 9.17) is 13.3 Å². The Kier molecular flexibility index (Phi) is 15.1. The molecule has 3 nitrogen and oxygen atoms in total. The molecule has 122 valence electrons. The van der Waals surface area contributed by atoms with Gasteiger partial charge in [-0.1, -0.05) is 32.1 Å². The third-order valence-electron chi connectivity index (χ3n) is 3.23. The van der Waals surface area contributed by atoms with Crippen LogP contribution in [0, 0.1) is 0 Å². The molecular weight excluding hydrogens is 304 g/mol. The minimum absolute atomic E-state index is 0.692. The van der Waals surface area contributed by atoms with Gasteiger partial charge in [0.1, 0.15) is 0 Å². The number of hydrogen-bond donors (Lipinski definition) is 1. The fourth-order valence-electron chi connectivity index (χ4n) is 2.34. The molecule has 0 aromatic rings. The maximum absolute atomic E-state index is 5.92. The molecule has 6 heteroatoms. The SMILES string of the molecule is CCO[Si](CCCCCCCCCS)(OCC)OC[SiH3]. The molecule has 0 radical (unpaired) electrons. The van der Waals surface area contributed by atoms with Crippen molar-refractivity contribution in [3.8, 4) is 0 Å². The van der Waals surface area contributed by atoms with Crippen LogP contribution in [0.4, 0.5) is 0 Å². The molecule has 20 heavy (non-hydrogen) atoms. The van der Waals surface area contributed by atoms with Crippen molar-refractivity contribution in [3.63, 3.8) is 0 Å². The van der Waals surface area contributed by atoms with E-state index in [1.165, 1.54) is 44.9 Å². The Bertz CT molecular complexity index is 192. The van der Waals surface area contributed by atoms with Crippen LogP contribution >= 0.6 is 12.6 Å². The zero-order valence-electron chi connectivity index (χ0n) is 13.7. The van der Waals surface area contributed by atoms with Gasteiger partial charge in [-0.25, -0.2) is 0 Å². The van der Waals surface area contributed by atoms with E-state index in [9.17, 15) is 0 Å². The van der Waals surface area contributed by atoms with Gasteiger partial charge in [0.2, 0.25) is 0 Å². The standard InChI is InChI=1S/C14H34O3SSi2/c1-3-15-20(16-4-2,17-14-19)13-11-9-7-5-6-8-10-12-18/h18H,3-14H2,1-2,19H3. The predicted octanol–water partition coefficient (Wildman–Crippen LogP) is 3.00. The minimum Gasteiger partial charge on any atom is -0.378 e. The Morgan fingerprint density at radius 1 is 0.800 bits per heavy atom. The molecule has 0 aliphatic heterocycles. The third kappa shape index (κ3) is 10.4. The highest BCUT2D eigenvalue weighted by Gasteiger charge is 2.39. The molecule has 0 fully saturated rings. The van der Waals surface area contributed by atoms with E-state index in [-0.39, 0.29) is 0 Å². The molecule has 0 aromatic carbocycles.